The number of aromatic nitrogens is 1. The SMILES string of the molecule is CCN1CCC[C@H]1CNC(=O)C1CCN(S(=O)(=O)c2c(C)noc2/C=C/c2ccccc2F)CC1. The first-order chi connectivity index (χ1) is 16.8. The van der Waals surface area contributed by atoms with Gasteiger partial charge in [-0.25, -0.2) is 12.8 Å². The van der Waals surface area contributed by atoms with Crippen molar-refractivity contribution < 1.29 is 22.1 Å². The van der Waals surface area contributed by atoms with Crippen LogP contribution in [0.3, 0.4) is 0 Å². The number of piperidine rings is 1. The van der Waals surface area contributed by atoms with Gasteiger partial charge in [0.2, 0.25) is 15.9 Å². The lowest BCUT2D eigenvalue weighted by Crippen LogP contribution is -2.46. The van der Waals surface area contributed by atoms with Crippen LogP contribution in [0.4, 0.5) is 4.39 Å². The fourth-order valence-electron chi connectivity index (χ4n) is 4.97. The van der Waals surface area contributed by atoms with Crippen LogP contribution < -0.4 is 5.32 Å². The minimum Gasteiger partial charge on any atom is -0.355 e. The number of rotatable bonds is 8. The number of aryl methyl sites for hydroxylation is 1. The van der Waals surface area contributed by atoms with Crippen LogP contribution in [0.5, 0.6) is 0 Å². The first kappa shape index (κ1) is 25.5. The van der Waals surface area contributed by atoms with Gasteiger partial charge in [0.15, 0.2) is 10.7 Å². The van der Waals surface area contributed by atoms with Crippen molar-refractivity contribution in [1.29, 1.82) is 0 Å². The zero-order valence-electron chi connectivity index (χ0n) is 20.2. The minimum atomic E-state index is -3.89. The van der Waals surface area contributed by atoms with E-state index >= 15 is 0 Å². The summed E-state index contributed by atoms with van der Waals surface area (Å²) in [4.78, 5) is 15.1. The van der Waals surface area contributed by atoms with Gasteiger partial charge in [0, 0.05) is 37.2 Å². The maximum Gasteiger partial charge on any atom is 0.248 e. The lowest BCUT2D eigenvalue weighted by molar-refractivity contribution is -0.126. The van der Waals surface area contributed by atoms with Crippen molar-refractivity contribution in [3.05, 3.63) is 47.1 Å². The molecule has 0 spiro atoms. The Morgan fingerprint density at radius 3 is 2.66 bits per heavy atom. The molecular weight excluding hydrogens is 471 g/mol. The molecule has 4 rings (SSSR count). The van der Waals surface area contributed by atoms with Crippen LogP contribution in [0.2, 0.25) is 0 Å². The first-order valence-electron chi connectivity index (χ1n) is 12.2. The Balaban J connectivity index is 1.39. The third kappa shape index (κ3) is 5.65. The van der Waals surface area contributed by atoms with E-state index in [0.717, 1.165) is 25.9 Å². The quantitative estimate of drug-likeness (QED) is 0.593. The predicted octanol–water partition coefficient (Wildman–Crippen LogP) is 3.29. The van der Waals surface area contributed by atoms with Crippen molar-refractivity contribution >= 4 is 28.1 Å². The molecule has 2 aromatic rings. The highest BCUT2D eigenvalue weighted by Gasteiger charge is 2.36. The Morgan fingerprint density at radius 1 is 1.20 bits per heavy atom. The Morgan fingerprint density at radius 2 is 1.94 bits per heavy atom. The zero-order chi connectivity index (χ0) is 25.0. The summed E-state index contributed by atoms with van der Waals surface area (Å²) < 4.78 is 47.4. The second-order valence-corrected chi connectivity index (χ2v) is 11.0. The number of nitrogens with one attached hydrogen (secondary N) is 1. The van der Waals surface area contributed by atoms with E-state index in [9.17, 15) is 17.6 Å². The summed E-state index contributed by atoms with van der Waals surface area (Å²) in [5.41, 5.74) is 0.562. The maximum atomic E-state index is 13.9. The molecule has 0 saturated carbocycles. The van der Waals surface area contributed by atoms with Gasteiger partial charge in [-0.1, -0.05) is 30.3 Å². The van der Waals surface area contributed by atoms with E-state index in [0.29, 0.717) is 31.0 Å². The second kappa shape index (κ2) is 11.0. The maximum absolute atomic E-state index is 13.9. The van der Waals surface area contributed by atoms with Crippen LogP contribution >= 0.6 is 0 Å². The molecule has 1 aromatic heterocycles. The molecule has 1 amide bonds. The molecule has 2 aliphatic rings. The van der Waals surface area contributed by atoms with E-state index in [1.54, 1.807) is 25.1 Å². The van der Waals surface area contributed by atoms with Crippen LogP contribution in [0.25, 0.3) is 12.2 Å². The minimum absolute atomic E-state index is 0.000306. The monoisotopic (exact) mass is 504 g/mol. The van der Waals surface area contributed by atoms with Gasteiger partial charge in [0.05, 0.1) is 0 Å². The molecule has 10 heteroatoms. The number of hydrogen-bond donors (Lipinski definition) is 1. The second-order valence-electron chi connectivity index (χ2n) is 9.16. The van der Waals surface area contributed by atoms with E-state index in [1.807, 2.05) is 0 Å². The van der Waals surface area contributed by atoms with E-state index in [-0.39, 0.29) is 41.3 Å². The van der Waals surface area contributed by atoms with Gasteiger partial charge in [-0.15, -0.1) is 0 Å². The van der Waals surface area contributed by atoms with Crippen molar-refractivity contribution in [3.8, 4) is 0 Å². The van der Waals surface area contributed by atoms with E-state index in [1.165, 1.54) is 22.5 Å². The van der Waals surface area contributed by atoms with Gasteiger partial charge in [-0.2, -0.15) is 4.31 Å². The highest BCUT2D eigenvalue weighted by Crippen LogP contribution is 2.29. The smallest absolute Gasteiger partial charge is 0.248 e. The largest absolute Gasteiger partial charge is 0.355 e. The Hall–Kier alpha value is -2.56. The van der Waals surface area contributed by atoms with Gasteiger partial charge in [-0.3, -0.25) is 9.69 Å². The summed E-state index contributed by atoms with van der Waals surface area (Å²) in [6, 6.07) is 6.58. The molecule has 2 aliphatic heterocycles. The van der Waals surface area contributed by atoms with Crippen LogP contribution in [-0.2, 0) is 14.8 Å². The highest BCUT2D eigenvalue weighted by molar-refractivity contribution is 7.89. The van der Waals surface area contributed by atoms with Crippen LogP contribution in [0, 0.1) is 18.7 Å². The van der Waals surface area contributed by atoms with Crippen molar-refractivity contribution in [2.24, 2.45) is 5.92 Å². The molecule has 0 unspecified atom stereocenters. The molecule has 0 radical (unpaired) electrons. The highest BCUT2D eigenvalue weighted by atomic mass is 32.2. The fourth-order valence-corrected chi connectivity index (χ4v) is 6.69. The van der Waals surface area contributed by atoms with E-state index < -0.39 is 15.8 Å². The predicted molar refractivity (Wildman–Crippen MR) is 131 cm³/mol. The molecule has 2 saturated heterocycles. The standard InChI is InChI=1S/C25H33FN4O4S/c1-3-29-14-6-8-21(29)17-27-25(31)20-12-15-30(16-13-20)35(32,33)24-18(2)28-34-23(24)11-10-19-7-4-5-9-22(19)26/h4-5,7,9-11,20-21H,3,6,8,12-17H2,1-2H3,(H,27,31)/b11-10+/t21-/m0/s1. The molecule has 1 N–H and O–H groups in total. The van der Waals surface area contributed by atoms with Crippen LogP contribution in [0.15, 0.2) is 33.7 Å². The van der Waals surface area contributed by atoms with Crippen LogP contribution in [-0.4, -0.2) is 67.5 Å². The Kier molecular flexibility index (Phi) is 8.03. The van der Waals surface area contributed by atoms with Gasteiger partial charge < -0.3 is 9.84 Å². The number of likely N-dealkylation sites (tertiary alicyclic amines) is 1. The summed E-state index contributed by atoms with van der Waals surface area (Å²) in [5.74, 6) is -0.565. The Labute approximate surface area is 206 Å². The molecule has 1 atom stereocenters. The molecule has 3 heterocycles. The third-order valence-electron chi connectivity index (χ3n) is 6.99. The normalized spacial score (nSPS) is 20.6. The summed E-state index contributed by atoms with van der Waals surface area (Å²) in [7, 11) is -3.89. The molecule has 0 bridgehead atoms. The number of carbonyl (C=O) groups is 1. The molecule has 35 heavy (non-hydrogen) atoms. The summed E-state index contributed by atoms with van der Waals surface area (Å²) >= 11 is 0. The number of halogens is 1. The number of sulfonamides is 1. The van der Waals surface area contributed by atoms with Crippen molar-refractivity contribution in [1.82, 2.24) is 19.7 Å². The Bertz CT molecular complexity index is 1170. The number of hydrogen-bond acceptors (Lipinski definition) is 6. The zero-order valence-corrected chi connectivity index (χ0v) is 21.1. The number of benzene rings is 1. The molecule has 190 valence electrons. The number of likely N-dealkylation sites (N-methyl/N-ethyl adjacent to an activating group) is 1. The summed E-state index contributed by atoms with van der Waals surface area (Å²) in [6.07, 6.45) is 6.06. The van der Waals surface area contributed by atoms with E-state index in [2.05, 4.69) is 22.3 Å². The summed E-state index contributed by atoms with van der Waals surface area (Å²) in [5, 5.41) is 6.92. The van der Waals surface area contributed by atoms with Crippen molar-refractivity contribution in [2.75, 3.05) is 32.7 Å². The fraction of sp³-hybridized carbons (Fsp3) is 0.520. The topological polar surface area (TPSA) is 95.8 Å². The average molecular weight is 505 g/mol. The number of amides is 1. The van der Waals surface area contributed by atoms with Crippen molar-refractivity contribution in [2.45, 2.75) is 50.5 Å². The summed E-state index contributed by atoms with van der Waals surface area (Å²) in [6.45, 7) is 6.89. The number of nitrogens with zero attached hydrogens (tertiary/aromatic N) is 3. The third-order valence-corrected chi connectivity index (χ3v) is 9.05. The molecular formula is C25H33FN4O4S. The van der Waals surface area contributed by atoms with Gasteiger partial charge in [0.1, 0.15) is 11.5 Å². The lowest BCUT2D eigenvalue weighted by atomic mass is 9.97. The molecule has 8 nitrogen and oxygen atoms in total. The van der Waals surface area contributed by atoms with Crippen molar-refractivity contribution in [3.63, 3.8) is 0 Å². The first-order valence-corrected chi connectivity index (χ1v) is 13.7. The molecule has 0 aliphatic carbocycles. The molecule has 2 fully saturated rings. The van der Waals surface area contributed by atoms with Gasteiger partial charge in [-0.05, 0) is 63.9 Å². The molecule has 1 aromatic carbocycles. The number of carbonyl (C=O) groups excluding carboxylic acids is 1. The average Bonchev–Trinajstić information content (AvgIpc) is 3.48. The van der Waals surface area contributed by atoms with Crippen LogP contribution in [0.1, 0.15) is 49.6 Å². The van der Waals surface area contributed by atoms with E-state index in [4.69, 9.17) is 4.52 Å². The lowest BCUT2D eigenvalue weighted by Gasteiger charge is -2.31. The van der Waals surface area contributed by atoms with Gasteiger partial charge >= 0.3 is 0 Å². The van der Waals surface area contributed by atoms with Gasteiger partial charge in [0.25, 0.3) is 0 Å².